The maximum Gasteiger partial charge on any atom is 0.328 e. The summed E-state index contributed by atoms with van der Waals surface area (Å²) in [4.78, 5) is 24.4. The summed E-state index contributed by atoms with van der Waals surface area (Å²) < 4.78 is 5.15. The van der Waals surface area contributed by atoms with Gasteiger partial charge in [0.05, 0.1) is 7.11 Å². The molecule has 5 nitrogen and oxygen atoms in total. The second-order valence-corrected chi connectivity index (χ2v) is 4.64. The normalized spacial score (nSPS) is 10.8. The van der Waals surface area contributed by atoms with Gasteiger partial charge in [0.15, 0.2) is 0 Å². The summed E-state index contributed by atoms with van der Waals surface area (Å²) in [7, 11) is 3.22. The molecule has 0 spiro atoms. The van der Waals surface area contributed by atoms with Crippen molar-refractivity contribution in [1.29, 1.82) is 0 Å². The first-order valence-corrected chi connectivity index (χ1v) is 6.23. The molecule has 0 bridgehead atoms. The summed E-state index contributed by atoms with van der Waals surface area (Å²) in [6.45, 7) is 3.85. The smallest absolute Gasteiger partial charge is 0.328 e. The molecule has 0 radical (unpaired) electrons. The number of hydrogen-bond acceptors (Lipinski definition) is 3. The number of carboxylic acids is 1. The fraction of sp³-hybridized carbons (Fsp3) is 0.333. The highest BCUT2D eigenvalue weighted by Gasteiger charge is 2.15. The van der Waals surface area contributed by atoms with Crippen LogP contribution in [0.2, 0.25) is 0 Å². The van der Waals surface area contributed by atoms with E-state index < -0.39 is 5.97 Å². The number of hydrogen-bond donors (Lipinski definition) is 1. The van der Waals surface area contributed by atoms with Crippen LogP contribution >= 0.6 is 0 Å². The Balaban J connectivity index is 3.15. The summed E-state index contributed by atoms with van der Waals surface area (Å²) in [6.07, 6.45) is 2.42. The first kappa shape index (κ1) is 15.8. The Labute approximate surface area is 118 Å². The van der Waals surface area contributed by atoms with Crippen LogP contribution in [0.3, 0.4) is 0 Å². The van der Waals surface area contributed by atoms with E-state index in [0.29, 0.717) is 16.9 Å². The van der Waals surface area contributed by atoms with E-state index >= 15 is 0 Å². The number of nitrogens with zero attached hydrogens (tertiary/aromatic N) is 1. The average molecular weight is 277 g/mol. The number of rotatable bonds is 5. The van der Waals surface area contributed by atoms with Crippen LogP contribution in [0.15, 0.2) is 24.3 Å². The highest BCUT2D eigenvalue weighted by molar-refractivity contribution is 5.95. The molecule has 0 heterocycles. The zero-order valence-electron chi connectivity index (χ0n) is 12.1. The zero-order chi connectivity index (χ0) is 15.3. The first-order chi connectivity index (χ1) is 9.36. The molecule has 0 atom stereocenters. The molecule has 0 aromatic heterocycles. The lowest BCUT2D eigenvalue weighted by molar-refractivity contribution is -0.131. The maximum absolute atomic E-state index is 12.2. The number of carbonyl (C=O) groups excluding carboxylic acids is 1. The van der Waals surface area contributed by atoms with Crippen LogP contribution in [0, 0.1) is 0 Å². The molecule has 1 aromatic carbocycles. The number of amides is 1. The predicted molar refractivity (Wildman–Crippen MR) is 76.9 cm³/mol. The van der Waals surface area contributed by atoms with Crippen molar-refractivity contribution in [3.05, 3.63) is 35.4 Å². The molecule has 1 N–H and O–H groups in total. The van der Waals surface area contributed by atoms with E-state index in [1.165, 1.54) is 13.2 Å². The predicted octanol–water partition coefficient (Wildman–Crippen LogP) is 2.27. The fourth-order valence-corrected chi connectivity index (χ4v) is 1.60. The molecule has 5 heteroatoms. The summed E-state index contributed by atoms with van der Waals surface area (Å²) in [6, 6.07) is 5.03. The zero-order valence-corrected chi connectivity index (χ0v) is 12.1. The van der Waals surface area contributed by atoms with Gasteiger partial charge in [-0.3, -0.25) is 4.79 Å². The second kappa shape index (κ2) is 6.75. The quantitative estimate of drug-likeness (QED) is 0.838. The summed E-state index contributed by atoms with van der Waals surface area (Å²) in [5.74, 6) is -0.651. The monoisotopic (exact) mass is 277 g/mol. The van der Waals surface area contributed by atoms with Crippen LogP contribution in [0.4, 0.5) is 0 Å². The van der Waals surface area contributed by atoms with Crippen LogP contribution in [0.1, 0.15) is 29.8 Å². The minimum atomic E-state index is -1.05. The standard InChI is InChI=1S/C15H19NO4/c1-10(2)16(3)15(19)12-5-7-13(20-4)11(9-12)6-8-14(17)18/h5-10H,1-4H3,(H,17,18). The van der Waals surface area contributed by atoms with Crippen molar-refractivity contribution in [2.24, 2.45) is 0 Å². The minimum Gasteiger partial charge on any atom is -0.496 e. The molecule has 0 saturated heterocycles. The molecule has 108 valence electrons. The Hall–Kier alpha value is -2.30. The third-order valence-electron chi connectivity index (χ3n) is 2.98. The lowest BCUT2D eigenvalue weighted by Gasteiger charge is -2.21. The van der Waals surface area contributed by atoms with Crippen molar-refractivity contribution in [2.45, 2.75) is 19.9 Å². The fourth-order valence-electron chi connectivity index (χ4n) is 1.60. The molecule has 0 unspecified atom stereocenters. The van der Waals surface area contributed by atoms with Gasteiger partial charge in [0.25, 0.3) is 5.91 Å². The molecule has 1 aromatic rings. The van der Waals surface area contributed by atoms with E-state index in [9.17, 15) is 9.59 Å². The molecule has 0 aliphatic rings. The van der Waals surface area contributed by atoms with Gasteiger partial charge in [-0.25, -0.2) is 4.79 Å². The number of aliphatic carboxylic acids is 1. The van der Waals surface area contributed by atoms with Crippen LogP contribution in [0.5, 0.6) is 5.75 Å². The van der Waals surface area contributed by atoms with Gasteiger partial charge in [-0.05, 0) is 38.1 Å². The van der Waals surface area contributed by atoms with Crippen molar-refractivity contribution in [3.8, 4) is 5.75 Å². The molecular weight excluding hydrogens is 258 g/mol. The number of methoxy groups -OCH3 is 1. The van der Waals surface area contributed by atoms with Gasteiger partial charge in [0.1, 0.15) is 5.75 Å². The second-order valence-electron chi connectivity index (χ2n) is 4.64. The lowest BCUT2D eigenvalue weighted by atomic mass is 10.1. The highest BCUT2D eigenvalue weighted by atomic mass is 16.5. The Morgan fingerprint density at radius 1 is 1.35 bits per heavy atom. The van der Waals surface area contributed by atoms with E-state index in [2.05, 4.69) is 0 Å². The van der Waals surface area contributed by atoms with E-state index in [-0.39, 0.29) is 11.9 Å². The number of ether oxygens (including phenoxy) is 1. The van der Waals surface area contributed by atoms with E-state index in [1.807, 2.05) is 13.8 Å². The summed E-state index contributed by atoms with van der Waals surface area (Å²) in [5.41, 5.74) is 1.05. The van der Waals surface area contributed by atoms with Crippen molar-refractivity contribution in [2.75, 3.05) is 14.2 Å². The van der Waals surface area contributed by atoms with Gasteiger partial charge >= 0.3 is 5.97 Å². The van der Waals surface area contributed by atoms with Gasteiger partial charge in [0.2, 0.25) is 0 Å². The molecular formula is C15H19NO4. The maximum atomic E-state index is 12.2. The number of carbonyl (C=O) groups is 2. The van der Waals surface area contributed by atoms with E-state index in [4.69, 9.17) is 9.84 Å². The Morgan fingerprint density at radius 2 is 2.00 bits per heavy atom. The molecule has 0 aliphatic heterocycles. The number of carboxylic acid groups (broad SMARTS) is 1. The molecule has 1 rings (SSSR count). The molecule has 1 amide bonds. The van der Waals surface area contributed by atoms with Crippen LogP contribution in [-0.2, 0) is 4.79 Å². The van der Waals surface area contributed by atoms with Crippen molar-refractivity contribution in [1.82, 2.24) is 4.90 Å². The Morgan fingerprint density at radius 3 is 2.50 bits per heavy atom. The topological polar surface area (TPSA) is 66.8 Å². The van der Waals surface area contributed by atoms with Gasteiger partial charge < -0.3 is 14.7 Å². The van der Waals surface area contributed by atoms with Crippen LogP contribution in [-0.4, -0.2) is 42.1 Å². The van der Waals surface area contributed by atoms with E-state index in [0.717, 1.165) is 6.08 Å². The first-order valence-electron chi connectivity index (χ1n) is 6.23. The SMILES string of the molecule is COc1ccc(C(=O)N(C)C(C)C)cc1C=CC(=O)O. The average Bonchev–Trinajstić information content (AvgIpc) is 2.42. The largest absolute Gasteiger partial charge is 0.496 e. The van der Waals surface area contributed by atoms with Gasteiger partial charge in [0, 0.05) is 30.3 Å². The third-order valence-corrected chi connectivity index (χ3v) is 2.98. The van der Waals surface area contributed by atoms with Gasteiger partial charge in [-0.15, -0.1) is 0 Å². The van der Waals surface area contributed by atoms with Crippen LogP contribution in [0.25, 0.3) is 6.08 Å². The molecule has 0 fully saturated rings. The van der Waals surface area contributed by atoms with E-state index in [1.54, 1.807) is 30.1 Å². The van der Waals surface area contributed by atoms with Crippen molar-refractivity contribution < 1.29 is 19.4 Å². The Kier molecular flexibility index (Phi) is 5.32. The molecule has 0 aliphatic carbocycles. The van der Waals surface area contributed by atoms with Crippen molar-refractivity contribution in [3.63, 3.8) is 0 Å². The lowest BCUT2D eigenvalue weighted by Crippen LogP contribution is -2.32. The molecule has 0 saturated carbocycles. The van der Waals surface area contributed by atoms with Gasteiger partial charge in [-0.2, -0.15) is 0 Å². The van der Waals surface area contributed by atoms with Crippen molar-refractivity contribution >= 4 is 18.0 Å². The highest BCUT2D eigenvalue weighted by Crippen LogP contribution is 2.22. The third kappa shape index (κ3) is 3.85. The summed E-state index contributed by atoms with van der Waals surface area (Å²) >= 11 is 0. The van der Waals surface area contributed by atoms with Crippen LogP contribution < -0.4 is 4.74 Å². The van der Waals surface area contributed by atoms with Gasteiger partial charge in [-0.1, -0.05) is 0 Å². The minimum absolute atomic E-state index is 0.0858. The summed E-state index contributed by atoms with van der Waals surface area (Å²) in [5, 5.41) is 8.68. The number of benzene rings is 1. The molecule has 20 heavy (non-hydrogen) atoms. The Bertz CT molecular complexity index is 535.